The highest BCUT2D eigenvalue weighted by molar-refractivity contribution is 7.80. The first-order chi connectivity index (χ1) is 8.11. The van der Waals surface area contributed by atoms with Gasteiger partial charge < -0.3 is 9.47 Å². The third kappa shape index (κ3) is 2.16. The van der Waals surface area contributed by atoms with Gasteiger partial charge in [0.15, 0.2) is 5.16 Å². The van der Waals surface area contributed by atoms with Gasteiger partial charge in [0.1, 0.15) is 5.69 Å². The van der Waals surface area contributed by atoms with E-state index in [1.807, 2.05) is 6.07 Å². The van der Waals surface area contributed by atoms with Gasteiger partial charge >= 0.3 is 0 Å². The lowest BCUT2D eigenvalue weighted by atomic mass is 10.3. The maximum atomic E-state index is 12.2. The highest BCUT2D eigenvalue weighted by atomic mass is 32.1. The molecule has 0 aliphatic carbocycles. The fourth-order valence-electron chi connectivity index (χ4n) is 1.44. The number of thiol groups is 1. The molecule has 0 bridgehead atoms. The Hall–Kier alpha value is -1.82. The summed E-state index contributed by atoms with van der Waals surface area (Å²) in [7, 11) is 3.45. The Morgan fingerprint density at radius 2 is 2.24 bits per heavy atom. The number of hydrogen-bond donors (Lipinski definition) is 1. The summed E-state index contributed by atoms with van der Waals surface area (Å²) in [6, 6.07) is 3.61. The Kier molecular flexibility index (Phi) is 3.14. The molecule has 2 aromatic heterocycles. The minimum absolute atomic E-state index is 0.145. The van der Waals surface area contributed by atoms with Gasteiger partial charge in [-0.15, -0.1) is 12.6 Å². The van der Waals surface area contributed by atoms with Gasteiger partial charge in [-0.05, 0) is 12.1 Å². The molecule has 0 radical (unpaired) electrons. The second-order valence-corrected chi connectivity index (χ2v) is 3.98. The normalized spacial score (nSPS) is 10.3. The van der Waals surface area contributed by atoms with Crippen LogP contribution in [0, 0.1) is 0 Å². The molecule has 2 heterocycles. The Balaban J connectivity index is 2.30. The van der Waals surface area contributed by atoms with E-state index in [2.05, 4.69) is 22.6 Å². The number of carbonyl (C=O) groups is 1. The summed E-state index contributed by atoms with van der Waals surface area (Å²) in [5.74, 6) is -0.145. The zero-order valence-corrected chi connectivity index (χ0v) is 10.4. The van der Waals surface area contributed by atoms with Gasteiger partial charge in [-0.25, -0.2) is 4.98 Å². The van der Waals surface area contributed by atoms with E-state index in [4.69, 9.17) is 0 Å². The van der Waals surface area contributed by atoms with Crippen LogP contribution in [0.2, 0.25) is 0 Å². The van der Waals surface area contributed by atoms with Crippen LogP contribution in [0.15, 0.2) is 35.9 Å². The number of hydrogen-bond acceptors (Lipinski definition) is 4. The van der Waals surface area contributed by atoms with Crippen molar-refractivity contribution >= 4 is 24.2 Å². The molecule has 0 aliphatic heterocycles. The van der Waals surface area contributed by atoms with Crippen LogP contribution < -0.4 is 4.90 Å². The van der Waals surface area contributed by atoms with Gasteiger partial charge in [0, 0.05) is 20.3 Å². The zero-order valence-electron chi connectivity index (χ0n) is 9.53. The van der Waals surface area contributed by atoms with E-state index in [0.717, 1.165) is 5.69 Å². The molecule has 0 unspecified atom stereocenters. The molecule has 0 saturated carbocycles. The molecule has 0 fully saturated rings. The van der Waals surface area contributed by atoms with E-state index in [9.17, 15) is 4.79 Å². The van der Waals surface area contributed by atoms with Gasteiger partial charge in [0.2, 0.25) is 0 Å². The van der Waals surface area contributed by atoms with Crippen LogP contribution in [0.3, 0.4) is 0 Å². The fraction of sp³-hybridized carbons (Fsp3) is 0.182. The van der Waals surface area contributed by atoms with E-state index < -0.39 is 0 Å². The Morgan fingerprint density at radius 3 is 2.76 bits per heavy atom. The molecule has 88 valence electrons. The number of imidazole rings is 1. The maximum absolute atomic E-state index is 12.2. The van der Waals surface area contributed by atoms with Gasteiger partial charge in [0.05, 0.1) is 18.1 Å². The Labute approximate surface area is 105 Å². The van der Waals surface area contributed by atoms with Crippen LogP contribution in [-0.4, -0.2) is 27.5 Å². The number of anilines is 1. The average Bonchev–Trinajstić information content (AvgIpc) is 2.69. The first-order valence-electron chi connectivity index (χ1n) is 5.00. The number of carbonyl (C=O) groups excluding carboxylic acids is 1. The van der Waals surface area contributed by atoms with Crippen molar-refractivity contribution in [2.45, 2.75) is 5.16 Å². The summed E-state index contributed by atoms with van der Waals surface area (Å²) in [5.41, 5.74) is 1.22. The first-order valence-corrected chi connectivity index (χ1v) is 5.44. The van der Waals surface area contributed by atoms with Crippen molar-refractivity contribution in [3.8, 4) is 0 Å². The fourth-order valence-corrected chi connectivity index (χ4v) is 1.61. The zero-order chi connectivity index (χ0) is 12.4. The van der Waals surface area contributed by atoms with Crippen LogP contribution in [0.4, 0.5) is 5.69 Å². The van der Waals surface area contributed by atoms with Crippen LogP contribution in [0.5, 0.6) is 0 Å². The molecule has 0 spiro atoms. The lowest BCUT2D eigenvalue weighted by Gasteiger charge is -2.16. The lowest BCUT2D eigenvalue weighted by molar-refractivity contribution is 0.0984. The number of aromatic nitrogens is 3. The number of amides is 1. The number of rotatable bonds is 2. The third-order valence-electron chi connectivity index (χ3n) is 2.52. The molecule has 0 N–H and O–H groups in total. The molecule has 6 heteroatoms. The molecular formula is C11H12N4OS. The summed E-state index contributed by atoms with van der Waals surface area (Å²) in [5, 5.41) is 0.507. The molecular weight excluding hydrogens is 236 g/mol. The van der Waals surface area contributed by atoms with Crippen LogP contribution in [0.25, 0.3) is 0 Å². The van der Waals surface area contributed by atoms with Crippen molar-refractivity contribution in [2.24, 2.45) is 7.05 Å². The lowest BCUT2D eigenvalue weighted by Crippen LogP contribution is -2.28. The van der Waals surface area contributed by atoms with Crippen molar-refractivity contribution in [2.75, 3.05) is 11.9 Å². The molecule has 2 rings (SSSR count). The molecule has 17 heavy (non-hydrogen) atoms. The van der Waals surface area contributed by atoms with Gasteiger partial charge in [-0.1, -0.05) is 0 Å². The summed E-state index contributed by atoms with van der Waals surface area (Å²) in [6.45, 7) is 0. The maximum Gasteiger partial charge on any atom is 0.276 e. The molecule has 0 aliphatic rings. The largest absolute Gasteiger partial charge is 0.318 e. The SMILES string of the molecule is CN(C(=O)c1cnc(S)n1C)c1cccnc1. The van der Waals surface area contributed by atoms with Crippen molar-refractivity contribution in [1.82, 2.24) is 14.5 Å². The van der Waals surface area contributed by atoms with E-state index >= 15 is 0 Å². The summed E-state index contributed by atoms with van der Waals surface area (Å²) >= 11 is 4.14. The minimum atomic E-state index is -0.145. The van der Waals surface area contributed by atoms with E-state index in [1.54, 1.807) is 37.1 Å². The highest BCUT2D eigenvalue weighted by Gasteiger charge is 2.17. The van der Waals surface area contributed by atoms with Crippen LogP contribution in [-0.2, 0) is 7.05 Å². The van der Waals surface area contributed by atoms with Gasteiger partial charge in [-0.2, -0.15) is 0 Å². The molecule has 5 nitrogen and oxygen atoms in total. The second kappa shape index (κ2) is 4.58. The Morgan fingerprint density at radius 1 is 1.47 bits per heavy atom. The van der Waals surface area contributed by atoms with Crippen molar-refractivity contribution in [3.05, 3.63) is 36.4 Å². The first kappa shape index (κ1) is 11.7. The number of pyridine rings is 1. The molecule has 0 saturated heterocycles. The highest BCUT2D eigenvalue weighted by Crippen LogP contribution is 2.15. The number of nitrogens with zero attached hydrogens (tertiary/aromatic N) is 4. The monoisotopic (exact) mass is 248 g/mol. The summed E-state index contributed by atoms with van der Waals surface area (Å²) in [6.07, 6.45) is 4.81. The van der Waals surface area contributed by atoms with Crippen molar-refractivity contribution in [3.63, 3.8) is 0 Å². The predicted molar refractivity (Wildman–Crippen MR) is 67.4 cm³/mol. The standard InChI is InChI=1S/C11H12N4OS/c1-14(8-4-3-5-12-6-8)10(16)9-7-13-11(17)15(9)2/h3-7H,1-2H3,(H,13,17). The molecule has 0 atom stereocenters. The van der Waals surface area contributed by atoms with Gasteiger partial charge in [0.25, 0.3) is 5.91 Å². The second-order valence-electron chi connectivity index (χ2n) is 3.58. The van der Waals surface area contributed by atoms with E-state index in [1.165, 1.54) is 11.1 Å². The molecule has 1 amide bonds. The minimum Gasteiger partial charge on any atom is -0.318 e. The van der Waals surface area contributed by atoms with Crippen LogP contribution in [0.1, 0.15) is 10.5 Å². The van der Waals surface area contributed by atoms with Crippen molar-refractivity contribution < 1.29 is 4.79 Å². The topological polar surface area (TPSA) is 51.0 Å². The Bertz CT molecular complexity index is 538. The van der Waals surface area contributed by atoms with Crippen LogP contribution >= 0.6 is 12.6 Å². The van der Waals surface area contributed by atoms with E-state index in [-0.39, 0.29) is 5.91 Å². The van der Waals surface area contributed by atoms with Crippen molar-refractivity contribution in [1.29, 1.82) is 0 Å². The quantitative estimate of drug-likeness (QED) is 0.817. The van der Waals surface area contributed by atoms with Gasteiger partial charge in [-0.3, -0.25) is 9.78 Å². The third-order valence-corrected chi connectivity index (χ3v) is 2.94. The summed E-state index contributed by atoms with van der Waals surface area (Å²) < 4.78 is 1.64. The average molecular weight is 248 g/mol. The summed E-state index contributed by atoms with van der Waals surface area (Å²) in [4.78, 5) is 21.7. The molecule has 0 aromatic carbocycles. The van der Waals surface area contributed by atoms with E-state index in [0.29, 0.717) is 10.9 Å². The smallest absolute Gasteiger partial charge is 0.276 e. The predicted octanol–water partition coefficient (Wildman–Crippen LogP) is 1.38. The molecule has 2 aromatic rings.